The van der Waals surface area contributed by atoms with Gasteiger partial charge in [0.25, 0.3) is 0 Å². The van der Waals surface area contributed by atoms with E-state index in [1.165, 1.54) is 0 Å². The van der Waals surface area contributed by atoms with Crippen molar-refractivity contribution in [3.05, 3.63) is 18.1 Å². The van der Waals surface area contributed by atoms with Crippen molar-refractivity contribution < 1.29 is 5.11 Å². The summed E-state index contributed by atoms with van der Waals surface area (Å²) in [4.78, 5) is 10.5. The van der Waals surface area contributed by atoms with Gasteiger partial charge in [-0.05, 0) is 32.9 Å². The zero-order valence-corrected chi connectivity index (χ0v) is 10.3. The van der Waals surface area contributed by atoms with E-state index in [0.29, 0.717) is 5.82 Å². The molecule has 1 aromatic rings. The Kier molecular flexibility index (Phi) is 6.46. The van der Waals surface area contributed by atoms with Crippen LogP contribution in [0.25, 0.3) is 0 Å². The summed E-state index contributed by atoms with van der Waals surface area (Å²) in [5, 5.41) is 8.67. The third-order valence-electron chi connectivity index (χ3n) is 2.48. The Morgan fingerprint density at radius 2 is 2.12 bits per heavy atom. The van der Waals surface area contributed by atoms with Crippen molar-refractivity contribution in [2.75, 3.05) is 25.6 Å². The van der Waals surface area contributed by atoms with Gasteiger partial charge >= 0.3 is 0 Å². The van der Waals surface area contributed by atoms with E-state index in [0.717, 1.165) is 38.0 Å². The van der Waals surface area contributed by atoms with E-state index < -0.39 is 0 Å². The summed E-state index contributed by atoms with van der Waals surface area (Å²) in [5.41, 5.74) is 3.37. The molecule has 0 aliphatic carbocycles. The van der Waals surface area contributed by atoms with Gasteiger partial charge in [-0.1, -0.05) is 0 Å². The summed E-state index contributed by atoms with van der Waals surface area (Å²) >= 11 is 0. The molecular weight excluding hydrogens is 218 g/mol. The molecule has 0 aliphatic rings. The number of hydrazine groups is 1. The van der Waals surface area contributed by atoms with Crippen molar-refractivity contribution in [3.63, 3.8) is 0 Å². The van der Waals surface area contributed by atoms with Gasteiger partial charge in [0.15, 0.2) is 5.82 Å². The average molecular weight is 239 g/mol. The fraction of sp³-hybridized carbons (Fsp3) is 0.636. The van der Waals surface area contributed by atoms with Crippen LogP contribution in [0.2, 0.25) is 0 Å². The SMILES string of the molecule is CN(CCCCCO)Cc1cnc(NN)cn1. The standard InChI is InChI=1S/C11H21N5O/c1-16(5-3-2-4-6-17)9-10-7-14-11(15-12)8-13-10/h7-8,17H,2-6,9,12H2,1H3,(H,14,15). The molecule has 0 fully saturated rings. The van der Waals surface area contributed by atoms with Gasteiger partial charge in [-0.2, -0.15) is 0 Å². The third kappa shape index (κ3) is 5.58. The quantitative estimate of drug-likeness (QED) is 0.345. The van der Waals surface area contributed by atoms with E-state index in [1.54, 1.807) is 12.4 Å². The van der Waals surface area contributed by atoms with Crippen LogP contribution in [0.1, 0.15) is 25.0 Å². The lowest BCUT2D eigenvalue weighted by Gasteiger charge is -2.15. The summed E-state index contributed by atoms with van der Waals surface area (Å²) < 4.78 is 0. The first kappa shape index (κ1) is 13.8. The molecule has 0 bridgehead atoms. The summed E-state index contributed by atoms with van der Waals surface area (Å²) in [6.45, 7) is 2.05. The van der Waals surface area contributed by atoms with Gasteiger partial charge in [0, 0.05) is 13.2 Å². The minimum absolute atomic E-state index is 0.280. The lowest BCUT2D eigenvalue weighted by molar-refractivity contribution is 0.270. The number of hydrogen-bond donors (Lipinski definition) is 3. The molecule has 1 rings (SSSR count). The monoisotopic (exact) mass is 239 g/mol. The maximum Gasteiger partial charge on any atom is 0.158 e. The van der Waals surface area contributed by atoms with Gasteiger partial charge in [-0.15, -0.1) is 0 Å². The molecule has 0 amide bonds. The van der Waals surface area contributed by atoms with E-state index in [2.05, 4.69) is 27.3 Å². The van der Waals surface area contributed by atoms with Gasteiger partial charge in [-0.25, -0.2) is 10.8 Å². The van der Waals surface area contributed by atoms with Crippen molar-refractivity contribution in [2.24, 2.45) is 5.84 Å². The Morgan fingerprint density at radius 3 is 2.71 bits per heavy atom. The number of aliphatic hydroxyl groups is 1. The highest BCUT2D eigenvalue weighted by Crippen LogP contribution is 2.03. The number of nitrogens with one attached hydrogen (secondary N) is 1. The molecular formula is C11H21N5O. The molecule has 6 nitrogen and oxygen atoms in total. The number of hydrogen-bond acceptors (Lipinski definition) is 6. The van der Waals surface area contributed by atoms with E-state index in [4.69, 9.17) is 10.9 Å². The molecule has 0 unspecified atom stereocenters. The number of nitrogens with two attached hydrogens (primary N) is 1. The summed E-state index contributed by atoms with van der Waals surface area (Å²) in [6.07, 6.45) is 6.37. The van der Waals surface area contributed by atoms with Crippen LogP contribution in [-0.2, 0) is 6.54 Å². The molecule has 17 heavy (non-hydrogen) atoms. The number of nitrogen functional groups attached to an aromatic ring is 1. The maximum absolute atomic E-state index is 8.67. The second kappa shape index (κ2) is 7.94. The van der Waals surface area contributed by atoms with Crippen LogP contribution in [0, 0.1) is 0 Å². The largest absolute Gasteiger partial charge is 0.396 e. The highest BCUT2D eigenvalue weighted by atomic mass is 16.2. The minimum Gasteiger partial charge on any atom is -0.396 e. The smallest absolute Gasteiger partial charge is 0.158 e. The molecule has 1 aromatic heterocycles. The third-order valence-corrected chi connectivity index (χ3v) is 2.48. The average Bonchev–Trinajstić information content (AvgIpc) is 2.36. The van der Waals surface area contributed by atoms with Crippen LogP contribution < -0.4 is 11.3 Å². The van der Waals surface area contributed by atoms with Gasteiger partial charge in [-0.3, -0.25) is 4.98 Å². The zero-order valence-electron chi connectivity index (χ0n) is 10.3. The van der Waals surface area contributed by atoms with Crippen molar-refractivity contribution in [1.29, 1.82) is 0 Å². The normalized spacial score (nSPS) is 10.8. The molecule has 0 saturated heterocycles. The van der Waals surface area contributed by atoms with E-state index in [-0.39, 0.29) is 6.61 Å². The topological polar surface area (TPSA) is 87.3 Å². The van der Waals surface area contributed by atoms with Gasteiger partial charge in [0.05, 0.1) is 18.1 Å². The zero-order chi connectivity index (χ0) is 12.5. The molecule has 0 aromatic carbocycles. The van der Waals surface area contributed by atoms with Gasteiger partial charge in [0.1, 0.15) is 0 Å². The molecule has 1 heterocycles. The Hall–Kier alpha value is -1.24. The van der Waals surface area contributed by atoms with Gasteiger partial charge in [0.2, 0.25) is 0 Å². The molecule has 0 atom stereocenters. The molecule has 4 N–H and O–H groups in total. The predicted octanol–water partition coefficient (Wildman–Crippen LogP) is 0.357. The number of aromatic nitrogens is 2. The van der Waals surface area contributed by atoms with Crippen molar-refractivity contribution in [1.82, 2.24) is 14.9 Å². The van der Waals surface area contributed by atoms with Crippen LogP contribution in [0.3, 0.4) is 0 Å². The summed E-state index contributed by atoms with van der Waals surface area (Å²) in [7, 11) is 2.05. The summed E-state index contributed by atoms with van der Waals surface area (Å²) in [5.74, 6) is 5.78. The fourth-order valence-corrected chi connectivity index (χ4v) is 1.54. The molecule has 0 aliphatic heterocycles. The van der Waals surface area contributed by atoms with Gasteiger partial charge < -0.3 is 15.4 Å². The highest BCUT2D eigenvalue weighted by molar-refractivity contribution is 5.28. The second-order valence-corrected chi connectivity index (χ2v) is 4.06. The number of anilines is 1. The van der Waals surface area contributed by atoms with E-state index in [1.807, 2.05) is 0 Å². The Morgan fingerprint density at radius 1 is 1.29 bits per heavy atom. The lowest BCUT2D eigenvalue weighted by atomic mass is 10.2. The number of nitrogens with zero attached hydrogens (tertiary/aromatic N) is 3. The first-order valence-corrected chi connectivity index (χ1v) is 5.83. The Bertz CT molecular complexity index is 303. The number of unbranched alkanes of at least 4 members (excludes halogenated alkanes) is 2. The van der Waals surface area contributed by atoms with Crippen LogP contribution in [-0.4, -0.2) is 40.2 Å². The molecule has 6 heteroatoms. The van der Waals surface area contributed by atoms with E-state index in [9.17, 15) is 0 Å². The molecule has 96 valence electrons. The first-order valence-electron chi connectivity index (χ1n) is 5.83. The Balaban J connectivity index is 2.26. The van der Waals surface area contributed by atoms with Crippen molar-refractivity contribution in [2.45, 2.75) is 25.8 Å². The molecule has 0 radical (unpaired) electrons. The number of rotatable bonds is 8. The maximum atomic E-state index is 8.67. The minimum atomic E-state index is 0.280. The van der Waals surface area contributed by atoms with E-state index >= 15 is 0 Å². The van der Waals surface area contributed by atoms with Crippen molar-refractivity contribution in [3.8, 4) is 0 Å². The first-order chi connectivity index (χ1) is 8.26. The molecule has 0 spiro atoms. The van der Waals surface area contributed by atoms with Crippen LogP contribution >= 0.6 is 0 Å². The highest BCUT2D eigenvalue weighted by Gasteiger charge is 2.02. The van der Waals surface area contributed by atoms with Crippen LogP contribution in [0.5, 0.6) is 0 Å². The van der Waals surface area contributed by atoms with Crippen LogP contribution in [0.4, 0.5) is 5.82 Å². The lowest BCUT2D eigenvalue weighted by Crippen LogP contribution is -2.20. The number of aliphatic hydroxyl groups excluding tert-OH is 1. The molecule has 0 saturated carbocycles. The van der Waals surface area contributed by atoms with Crippen molar-refractivity contribution >= 4 is 5.82 Å². The predicted molar refractivity (Wildman–Crippen MR) is 67.1 cm³/mol. The second-order valence-electron chi connectivity index (χ2n) is 4.06. The fourth-order valence-electron chi connectivity index (χ4n) is 1.54. The summed E-state index contributed by atoms with van der Waals surface area (Å²) in [6, 6.07) is 0. The Labute approximate surface area is 102 Å². The van der Waals surface area contributed by atoms with Crippen LogP contribution in [0.15, 0.2) is 12.4 Å².